The fraction of sp³-hybridized carbons (Fsp3) is 0.0833. The lowest BCUT2D eigenvalue weighted by Gasteiger charge is -2.10. The van der Waals surface area contributed by atoms with E-state index in [1.165, 1.54) is 49.7 Å². The van der Waals surface area contributed by atoms with Gasteiger partial charge in [0.2, 0.25) is 0 Å². The third-order valence-electron chi connectivity index (χ3n) is 4.42. The van der Waals surface area contributed by atoms with Gasteiger partial charge in [0.25, 0.3) is 5.91 Å². The van der Waals surface area contributed by atoms with Gasteiger partial charge >= 0.3 is 10.1 Å². The number of nitrogens with one attached hydrogen (secondary N) is 1. The Labute approximate surface area is 216 Å². The number of hydrogen-bond acceptors (Lipinski definition) is 7. The summed E-state index contributed by atoms with van der Waals surface area (Å²) < 4.78 is 41.3. The number of methoxy groups -OCH3 is 1. The van der Waals surface area contributed by atoms with Crippen LogP contribution in [0.5, 0.6) is 17.2 Å². The van der Waals surface area contributed by atoms with E-state index in [1.54, 1.807) is 30.3 Å². The van der Waals surface area contributed by atoms with Crippen molar-refractivity contribution >= 4 is 49.8 Å². The molecule has 35 heavy (non-hydrogen) atoms. The first-order valence-electron chi connectivity index (χ1n) is 9.98. The van der Waals surface area contributed by atoms with Crippen molar-refractivity contribution in [3.8, 4) is 17.2 Å². The molecule has 0 saturated heterocycles. The number of rotatable bonds is 10. The monoisotopic (exact) mass is 578 g/mol. The molecule has 8 nitrogen and oxygen atoms in total. The molecular formula is C24H20BrClN2O6S. The topological polar surface area (TPSA) is 103 Å². The summed E-state index contributed by atoms with van der Waals surface area (Å²) in [6, 6.07) is 15.0. The zero-order valence-corrected chi connectivity index (χ0v) is 21.6. The molecule has 0 atom stereocenters. The third-order valence-corrected chi connectivity index (χ3v) is 6.54. The summed E-state index contributed by atoms with van der Waals surface area (Å²) in [5, 5.41) is 4.36. The molecule has 3 rings (SSSR count). The van der Waals surface area contributed by atoms with Gasteiger partial charge in [0.05, 0.1) is 17.8 Å². The zero-order valence-electron chi connectivity index (χ0n) is 18.4. The summed E-state index contributed by atoms with van der Waals surface area (Å²) in [6.45, 7) is 3.89. The van der Waals surface area contributed by atoms with Gasteiger partial charge in [-0.3, -0.25) is 4.79 Å². The molecule has 0 aliphatic carbocycles. The van der Waals surface area contributed by atoms with E-state index in [4.69, 9.17) is 25.3 Å². The summed E-state index contributed by atoms with van der Waals surface area (Å²) in [4.78, 5) is 12.4. The number of benzene rings is 3. The maximum absolute atomic E-state index is 12.5. The van der Waals surface area contributed by atoms with Crippen LogP contribution in [-0.4, -0.2) is 34.3 Å². The van der Waals surface area contributed by atoms with Crippen LogP contribution < -0.4 is 19.1 Å². The van der Waals surface area contributed by atoms with E-state index in [0.717, 1.165) is 0 Å². The van der Waals surface area contributed by atoms with Gasteiger partial charge in [-0.2, -0.15) is 13.5 Å². The molecule has 0 radical (unpaired) electrons. The molecule has 182 valence electrons. The Balaban J connectivity index is 1.66. The molecule has 1 amide bonds. The van der Waals surface area contributed by atoms with E-state index in [0.29, 0.717) is 38.7 Å². The molecule has 11 heteroatoms. The second-order valence-corrected chi connectivity index (χ2v) is 9.68. The minimum Gasteiger partial charge on any atom is -0.493 e. The van der Waals surface area contributed by atoms with Crippen LogP contribution in [0, 0.1) is 0 Å². The number of amides is 1. The highest BCUT2D eigenvalue weighted by molar-refractivity contribution is 9.10. The van der Waals surface area contributed by atoms with Gasteiger partial charge in [-0.1, -0.05) is 24.3 Å². The Morgan fingerprint density at radius 2 is 1.80 bits per heavy atom. The molecule has 0 spiro atoms. The number of nitrogens with zero attached hydrogens (tertiary/aromatic N) is 1. The van der Waals surface area contributed by atoms with Gasteiger partial charge in [-0.25, -0.2) is 5.43 Å². The summed E-state index contributed by atoms with van der Waals surface area (Å²) in [5.74, 6) is 0.518. The van der Waals surface area contributed by atoms with E-state index in [1.807, 2.05) is 0 Å². The summed E-state index contributed by atoms with van der Waals surface area (Å²) >= 11 is 9.09. The van der Waals surface area contributed by atoms with Gasteiger partial charge in [0.1, 0.15) is 11.5 Å². The van der Waals surface area contributed by atoms with Gasteiger partial charge in [0.15, 0.2) is 17.2 Å². The minimum absolute atomic E-state index is 0.0286. The highest BCUT2D eigenvalue weighted by Gasteiger charge is 2.18. The average molecular weight is 580 g/mol. The standard InChI is InChI=1S/C24H20BrClN2O6S/c1-3-12-33-22-11-5-17(14-23(22)32-2)24(29)28-27-15-16-4-10-21(20(25)13-16)34-35(30,31)19-8-6-18(26)7-9-19/h3-11,13-15H,1,12H2,2H3,(H,28,29)/b27-15+. The van der Waals surface area contributed by atoms with E-state index < -0.39 is 16.0 Å². The predicted octanol–water partition coefficient (Wildman–Crippen LogP) is 5.21. The first-order chi connectivity index (χ1) is 16.7. The maximum atomic E-state index is 12.5. The highest BCUT2D eigenvalue weighted by Crippen LogP contribution is 2.29. The number of halogens is 2. The molecule has 3 aromatic carbocycles. The molecule has 0 aliphatic heterocycles. The van der Waals surface area contributed by atoms with Crippen LogP contribution in [0.4, 0.5) is 0 Å². The molecule has 3 aromatic rings. The molecule has 1 N–H and O–H groups in total. The Hall–Kier alpha value is -3.34. The lowest BCUT2D eigenvalue weighted by Crippen LogP contribution is -2.17. The largest absolute Gasteiger partial charge is 0.493 e. The first-order valence-corrected chi connectivity index (χ1v) is 12.6. The zero-order chi connectivity index (χ0) is 25.4. The fourth-order valence-electron chi connectivity index (χ4n) is 2.74. The summed E-state index contributed by atoms with van der Waals surface area (Å²) in [7, 11) is -2.57. The van der Waals surface area contributed by atoms with E-state index in [2.05, 4.69) is 33.0 Å². The molecule has 0 heterocycles. The van der Waals surface area contributed by atoms with Crippen LogP contribution >= 0.6 is 27.5 Å². The van der Waals surface area contributed by atoms with Crippen molar-refractivity contribution in [1.82, 2.24) is 5.43 Å². The van der Waals surface area contributed by atoms with Crippen LogP contribution in [0.1, 0.15) is 15.9 Å². The van der Waals surface area contributed by atoms with Crippen molar-refractivity contribution in [3.05, 3.63) is 93.9 Å². The minimum atomic E-state index is -4.04. The molecule has 0 aliphatic rings. The Bertz CT molecular complexity index is 1360. The van der Waals surface area contributed by atoms with Crippen LogP contribution in [0.2, 0.25) is 5.02 Å². The van der Waals surface area contributed by atoms with E-state index in [-0.39, 0.29) is 10.6 Å². The van der Waals surface area contributed by atoms with Crippen LogP contribution in [-0.2, 0) is 10.1 Å². The smallest absolute Gasteiger partial charge is 0.339 e. The van der Waals surface area contributed by atoms with Crippen molar-refractivity contribution in [3.63, 3.8) is 0 Å². The molecular weight excluding hydrogens is 560 g/mol. The lowest BCUT2D eigenvalue weighted by atomic mass is 10.2. The third kappa shape index (κ3) is 7.08. The average Bonchev–Trinajstić information content (AvgIpc) is 2.84. The lowest BCUT2D eigenvalue weighted by molar-refractivity contribution is 0.0954. The number of carbonyl (C=O) groups is 1. The van der Waals surface area contributed by atoms with Crippen LogP contribution in [0.15, 0.2) is 87.8 Å². The SMILES string of the molecule is C=CCOc1ccc(C(=O)N/N=C/c2ccc(OS(=O)(=O)c3ccc(Cl)cc3)c(Br)c2)cc1OC. The van der Waals surface area contributed by atoms with Crippen molar-refractivity contribution in [2.45, 2.75) is 4.90 Å². The second kappa shape index (κ2) is 11.9. The summed E-state index contributed by atoms with van der Waals surface area (Å²) in [5.41, 5.74) is 3.33. The first kappa shape index (κ1) is 26.3. The second-order valence-electron chi connectivity index (χ2n) is 6.85. The summed E-state index contributed by atoms with van der Waals surface area (Å²) in [6.07, 6.45) is 3.00. The molecule has 0 saturated carbocycles. The van der Waals surface area contributed by atoms with Gasteiger partial charge < -0.3 is 13.7 Å². The maximum Gasteiger partial charge on any atom is 0.339 e. The number of carbonyl (C=O) groups excluding carboxylic acids is 1. The Morgan fingerprint density at radius 1 is 1.09 bits per heavy atom. The van der Waals surface area contributed by atoms with Gasteiger partial charge in [-0.15, -0.1) is 0 Å². The normalized spacial score (nSPS) is 11.2. The number of hydrazone groups is 1. The van der Waals surface area contributed by atoms with Crippen molar-refractivity contribution in [1.29, 1.82) is 0 Å². The van der Waals surface area contributed by atoms with Gasteiger partial charge in [0, 0.05) is 10.6 Å². The highest BCUT2D eigenvalue weighted by atomic mass is 79.9. The molecule has 0 unspecified atom stereocenters. The number of ether oxygens (including phenoxy) is 2. The van der Waals surface area contributed by atoms with Gasteiger partial charge in [-0.05, 0) is 82.2 Å². The van der Waals surface area contributed by atoms with Crippen molar-refractivity contribution < 1.29 is 26.9 Å². The Morgan fingerprint density at radius 3 is 2.46 bits per heavy atom. The quantitative estimate of drug-likeness (QED) is 0.153. The fourth-order valence-corrected chi connectivity index (χ4v) is 4.40. The van der Waals surface area contributed by atoms with Crippen LogP contribution in [0.25, 0.3) is 0 Å². The molecule has 0 fully saturated rings. The molecule has 0 bridgehead atoms. The van der Waals surface area contributed by atoms with Crippen LogP contribution in [0.3, 0.4) is 0 Å². The van der Waals surface area contributed by atoms with Crippen molar-refractivity contribution in [2.24, 2.45) is 5.10 Å². The molecule has 0 aromatic heterocycles. The predicted molar refractivity (Wildman–Crippen MR) is 137 cm³/mol. The van der Waals surface area contributed by atoms with Crippen molar-refractivity contribution in [2.75, 3.05) is 13.7 Å². The Kier molecular flexibility index (Phi) is 8.91. The van der Waals surface area contributed by atoms with E-state index in [9.17, 15) is 13.2 Å². The number of hydrogen-bond donors (Lipinski definition) is 1. The van der Waals surface area contributed by atoms with E-state index >= 15 is 0 Å².